The van der Waals surface area contributed by atoms with Crippen molar-refractivity contribution in [2.24, 2.45) is 5.92 Å². The number of phenolic OH excluding ortho intramolecular Hbond substituents is 1. The van der Waals surface area contributed by atoms with Crippen LogP contribution in [0.1, 0.15) is 19.8 Å². The maximum Gasteiger partial charge on any atom is 0.139 e. The van der Waals surface area contributed by atoms with Gasteiger partial charge in [0, 0.05) is 18.5 Å². The van der Waals surface area contributed by atoms with Crippen LogP contribution in [0.2, 0.25) is 0 Å². The molecular formula is C16H19NO. The standard InChI is InChI=1S/C16H19NO/c1-12-5-4-10-17(11-12)16-14-7-3-2-6-13(14)8-9-15(16)18/h2-3,6-9,12,18H,4-5,10-11H2,1H3. The second-order valence-corrected chi connectivity index (χ2v) is 5.35. The molecule has 0 aromatic heterocycles. The Morgan fingerprint density at radius 1 is 1.17 bits per heavy atom. The third kappa shape index (κ3) is 1.92. The Bertz CT molecular complexity index is 564. The summed E-state index contributed by atoms with van der Waals surface area (Å²) in [6.07, 6.45) is 2.51. The van der Waals surface area contributed by atoms with Gasteiger partial charge < -0.3 is 10.0 Å². The maximum atomic E-state index is 10.2. The molecule has 0 amide bonds. The van der Waals surface area contributed by atoms with Crippen LogP contribution < -0.4 is 4.90 Å². The van der Waals surface area contributed by atoms with E-state index in [9.17, 15) is 5.11 Å². The third-order valence-electron chi connectivity index (χ3n) is 3.85. The second-order valence-electron chi connectivity index (χ2n) is 5.35. The van der Waals surface area contributed by atoms with Gasteiger partial charge in [-0.3, -0.25) is 0 Å². The van der Waals surface area contributed by atoms with Crippen molar-refractivity contribution < 1.29 is 5.11 Å². The van der Waals surface area contributed by atoms with Crippen LogP contribution in [-0.4, -0.2) is 18.2 Å². The van der Waals surface area contributed by atoms with Crippen molar-refractivity contribution in [1.29, 1.82) is 0 Å². The summed E-state index contributed by atoms with van der Waals surface area (Å²) in [5.74, 6) is 1.11. The lowest BCUT2D eigenvalue weighted by Gasteiger charge is -2.34. The predicted octanol–water partition coefficient (Wildman–Crippen LogP) is 3.78. The minimum Gasteiger partial charge on any atom is -0.506 e. The summed E-state index contributed by atoms with van der Waals surface area (Å²) in [6, 6.07) is 12.1. The van der Waals surface area contributed by atoms with E-state index in [1.165, 1.54) is 18.2 Å². The fourth-order valence-electron chi connectivity index (χ4n) is 2.97. The zero-order valence-corrected chi connectivity index (χ0v) is 10.8. The Balaban J connectivity index is 2.12. The van der Waals surface area contributed by atoms with E-state index in [2.05, 4.69) is 24.0 Å². The van der Waals surface area contributed by atoms with Crippen molar-refractivity contribution in [1.82, 2.24) is 0 Å². The van der Waals surface area contributed by atoms with Gasteiger partial charge in [0.05, 0.1) is 5.69 Å². The van der Waals surface area contributed by atoms with Crippen LogP contribution >= 0.6 is 0 Å². The number of rotatable bonds is 1. The molecule has 1 fully saturated rings. The van der Waals surface area contributed by atoms with Gasteiger partial charge in [0.15, 0.2) is 0 Å². The molecule has 2 aromatic carbocycles. The van der Waals surface area contributed by atoms with Gasteiger partial charge in [-0.2, -0.15) is 0 Å². The topological polar surface area (TPSA) is 23.5 Å². The first kappa shape index (κ1) is 11.4. The Kier molecular flexibility index (Phi) is 2.86. The summed E-state index contributed by atoms with van der Waals surface area (Å²) in [6.45, 7) is 4.38. The van der Waals surface area contributed by atoms with Crippen LogP contribution in [0.4, 0.5) is 5.69 Å². The zero-order chi connectivity index (χ0) is 12.5. The fourth-order valence-corrected chi connectivity index (χ4v) is 2.97. The highest BCUT2D eigenvalue weighted by Crippen LogP contribution is 2.37. The van der Waals surface area contributed by atoms with Crippen molar-refractivity contribution in [2.45, 2.75) is 19.8 Å². The van der Waals surface area contributed by atoms with Crippen molar-refractivity contribution in [3.63, 3.8) is 0 Å². The lowest BCUT2D eigenvalue weighted by Crippen LogP contribution is -2.34. The van der Waals surface area contributed by atoms with Gasteiger partial charge >= 0.3 is 0 Å². The van der Waals surface area contributed by atoms with Crippen LogP contribution in [0.3, 0.4) is 0 Å². The average molecular weight is 241 g/mol. The Labute approximate surface area is 108 Å². The smallest absolute Gasteiger partial charge is 0.139 e. The van der Waals surface area contributed by atoms with Gasteiger partial charge in [0.2, 0.25) is 0 Å². The van der Waals surface area contributed by atoms with Crippen LogP contribution in [0.25, 0.3) is 10.8 Å². The highest BCUT2D eigenvalue weighted by Gasteiger charge is 2.20. The Morgan fingerprint density at radius 3 is 2.83 bits per heavy atom. The minimum atomic E-state index is 0.405. The molecule has 18 heavy (non-hydrogen) atoms. The van der Waals surface area contributed by atoms with Gasteiger partial charge in [-0.1, -0.05) is 37.3 Å². The van der Waals surface area contributed by atoms with E-state index in [1.807, 2.05) is 24.3 Å². The van der Waals surface area contributed by atoms with Crippen molar-refractivity contribution in [2.75, 3.05) is 18.0 Å². The molecule has 94 valence electrons. The summed E-state index contributed by atoms with van der Waals surface area (Å²) in [5.41, 5.74) is 1.01. The van der Waals surface area contributed by atoms with E-state index in [-0.39, 0.29) is 0 Å². The minimum absolute atomic E-state index is 0.405. The molecule has 0 spiro atoms. The highest BCUT2D eigenvalue weighted by atomic mass is 16.3. The number of benzene rings is 2. The Hall–Kier alpha value is -1.70. The first-order valence-corrected chi connectivity index (χ1v) is 6.71. The molecule has 0 radical (unpaired) electrons. The van der Waals surface area contributed by atoms with Gasteiger partial charge in [0.1, 0.15) is 5.75 Å². The SMILES string of the molecule is CC1CCCN(c2c(O)ccc3ccccc23)C1. The van der Waals surface area contributed by atoms with E-state index < -0.39 is 0 Å². The van der Waals surface area contributed by atoms with E-state index in [4.69, 9.17) is 0 Å². The number of anilines is 1. The number of hydrogen-bond donors (Lipinski definition) is 1. The molecule has 3 rings (SSSR count). The monoisotopic (exact) mass is 241 g/mol. The van der Waals surface area contributed by atoms with E-state index in [0.29, 0.717) is 11.7 Å². The zero-order valence-electron chi connectivity index (χ0n) is 10.8. The molecule has 2 heteroatoms. The molecule has 0 aliphatic carbocycles. The molecule has 0 saturated carbocycles. The normalized spacial score (nSPS) is 20.3. The molecule has 0 bridgehead atoms. The van der Waals surface area contributed by atoms with E-state index in [0.717, 1.165) is 24.2 Å². The summed E-state index contributed by atoms with van der Waals surface area (Å²) >= 11 is 0. The molecule has 1 aliphatic heterocycles. The first-order chi connectivity index (χ1) is 8.75. The van der Waals surface area contributed by atoms with Crippen LogP contribution in [0, 0.1) is 5.92 Å². The van der Waals surface area contributed by atoms with Crippen molar-refractivity contribution >= 4 is 16.5 Å². The summed E-state index contributed by atoms with van der Waals surface area (Å²) in [7, 11) is 0. The largest absolute Gasteiger partial charge is 0.506 e. The molecule has 2 aromatic rings. The van der Waals surface area contributed by atoms with E-state index >= 15 is 0 Å². The number of piperidine rings is 1. The molecule has 1 heterocycles. The van der Waals surface area contributed by atoms with Gasteiger partial charge in [-0.15, -0.1) is 0 Å². The number of phenols is 1. The van der Waals surface area contributed by atoms with Crippen molar-refractivity contribution in [3.05, 3.63) is 36.4 Å². The summed E-state index contributed by atoms with van der Waals surface area (Å²) in [4.78, 5) is 2.34. The van der Waals surface area contributed by atoms with Gasteiger partial charge in [0.25, 0.3) is 0 Å². The molecule has 1 N–H and O–H groups in total. The lowest BCUT2D eigenvalue weighted by atomic mass is 9.98. The predicted molar refractivity (Wildman–Crippen MR) is 76.2 cm³/mol. The van der Waals surface area contributed by atoms with E-state index in [1.54, 1.807) is 0 Å². The molecule has 1 aliphatic rings. The van der Waals surface area contributed by atoms with Crippen molar-refractivity contribution in [3.8, 4) is 5.75 Å². The number of fused-ring (bicyclic) bond motifs is 1. The second kappa shape index (κ2) is 4.52. The maximum absolute atomic E-state index is 10.2. The van der Waals surface area contributed by atoms with Gasteiger partial charge in [-0.05, 0) is 30.2 Å². The van der Waals surface area contributed by atoms with Crippen LogP contribution in [0.5, 0.6) is 5.75 Å². The highest BCUT2D eigenvalue weighted by molar-refractivity contribution is 5.97. The molecule has 1 saturated heterocycles. The quantitative estimate of drug-likeness (QED) is 0.821. The Morgan fingerprint density at radius 2 is 2.00 bits per heavy atom. The van der Waals surface area contributed by atoms with Gasteiger partial charge in [-0.25, -0.2) is 0 Å². The van der Waals surface area contributed by atoms with Crippen LogP contribution in [-0.2, 0) is 0 Å². The molecule has 1 atom stereocenters. The summed E-state index contributed by atoms with van der Waals surface area (Å²) in [5, 5.41) is 12.6. The van der Waals surface area contributed by atoms with Crippen LogP contribution in [0.15, 0.2) is 36.4 Å². The first-order valence-electron chi connectivity index (χ1n) is 6.71. The molecule has 1 unspecified atom stereocenters. The lowest BCUT2D eigenvalue weighted by molar-refractivity contribution is 0.435. The molecular weight excluding hydrogens is 222 g/mol. The average Bonchev–Trinajstić information content (AvgIpc) is 2.38. The number of nitrogens with zero attached hydrogens (tertiary/aromatic N) is 1. The number of hydrogen-bond acceptors (Lipinski definition) is 2. The summed E-state index contributed by atoms with van der Waals surface area (Å²) < 4.78 is 0. The molecule has 2 nitrogen and oxygen atoms in total. The fraction of sp³-hybridized carbons (Fsp3) is 0.375. The third-order valence-corrected chi connectivity index (χ3v) is 3.85. The number of aromatic hydroxyl groups is 1.